The van der Waals surface area contributed by atoms with Gasteiger partial charge in [-0.05, 0) is 71.1 Å². The predicted molar refractivity (Wildman–Crippen MR) is 150 cm³/mol. The maximum atomic E-state index is 12.0. The molecule has 0 radical (unpaired) electrons. The van der Waals surface area contributed by atoms with Gasteiger partial charge >= 0.3 is 0 Å². The van der Waals surface area contributed by atoms with Crippen LogP contribution < -0.4 is 19.5 Å². The van der Waals surface area contributed by atoms with Crippen molar-refractivity contribution in [2.24, 2.45) is 0 Å². The Bertz CT molecular complexity index is 1450. The van der Waals surface area contributed by atoms with Crippen LogP contribution in [0.5, 0.6) is 23.0 Å². The molecule has 4 aromatic carbocycles. The van der Waals surface area contributed by atoms with Crippen molar-refractivity contribution in [3.8, 4) is 23.0 Å². The van der Waals surface area contributed by atoms with Crippen LogP contribution >= 0.6 is 11.8 Å². The van der Waals surface area contributed by atoms with Crippen molar-refractivity contribution in [2.45, 2.75) is 31.4 Å². The molecule has 1 unspecified atom stereocenters. The molecule has 2 amide bonds. The molecule has 1 fully saturated rings. The highest BCUT2D eigenvalue weighted by Gasteiger charge is 2.33. The number of hydrogen-bond donors (Lipinski definition) is 1. The second-order valence-electron chi connectivity index (χ2n) is 9.00. The summed E-state index contributed by atoms with van der Waals surface area (Å²) in [5, 5.41) is 3.69. The molecule has 0 saturated carbocycles. The summed E-state index contributed by atoms with van der Waals surface area (Å²) in [7, 11) is 0. The van der Waals surface area contributed by atoms with Gasteiger partial charge in [0.15, 0.2) is 0 Å². The molecule has 5 rings (SSSR count). The average molecular weight is 528 g/mol. The minimum atomic E-state index is -0.529. The van der Waals surface area contributed by atoms with Crippen molar-refractivity contribution in [1.29, 1.82) is 0 Å². The molecule has 0 aromatic heterocycles. The molecule has 194 valence electrons. The number of carbonyl (C=O) groups excluding carboxylic acids is 2. The smallest absolute Gasteiger partial charge is 0.286 e. The van der Waals surface area contributed by atoms with E-state index in [0.29, 0.717) is 25.4 Å². The Hall–Kier alpha value is -3.97. The zero-order chi connectivity index (χ0) is 26.3. The lowest BCUT2D eigenvalue weighted by molar-refractivity contribution is -0.119. The third kappa shape index (κ3) is 6.11. The highest BCUT2D eigenvalue weighted by atomic mass is 32.2. The fourth-order valence-corrected chi connectivity index (χ4v) is 5.23. The number of rotatable bonds is 11. The molecule has 7 heteroatoms. The highest BCUT2D eigenvalue weighted by molar-refractivity contribution is 8.15. The van der Waals surface area contributed by atoms with E-state index in [1.165, 1.54) is 0 Å². The summed E-state index contributed by atoms with van der Waals surface area (Å²) in [6.45, 7) is 3.13. The first kappa shape index (κ1) is 25.7. The van der Waals surface area contributed by atoms with Crippen molar-refractivity contribution in [1.82, 2.24) is 5.32 Å². The Balaban J connectivity index is 1.16. The number of benzene rings is 4. The number of nitrogens with one attached hydrogen (secondary N) is 1. The van der Waals surface area contributed by atoms with Gasteiger partial charge in [0.1, 0.15) is 28.2 Å². The Kier molecular flexibility index (Phi) is 8.14. The highest BCUT2D eigenvalue weighted by Crippen LogP contribution is 2.36. The number of amides is 2. The second-order valence-corrected chi connectivity index (χ2v) is 10.1. The van der Waals surface area contributed by atoms with E-state index < -0.39 is 5.25 Å². The molecule has 1 aliphatic rings. The van der Waals surface area contributed by atoms with Crippen LogP contribution in [0.3, 0.4) is 0 Å². The molecule has 0 spiro atoms. The van der Waals surface area contributed by atoms with Gasteiger partial charge in [0, 0.05) is 11.8 Å². The fraction of sp³-hybridized carbons (Fsp3) is 0.226. The lowest BCUT2D eigenvalue weighted by atomic mass is 10.1. The van der Waals surface area contributed by atoms with E-state index in [4.69, 9.17) is 14.2 Å². The van der Waals surface area contributed by atoms with Gasteiger partial charge < -0.3 is 14.2 Å². The lowest BCUT2D eigenvalue weighted by Gasteiger charge is -2.15. The fourth-order valence-electron chi connectivity index (χ4n) is 4.41. The summed E-state index contributed by atoms with van der Waals surface area (Å²) in [6, 6.07) is 27.6. The van der Waals surface area contributed by atoms with Crippen molar-refractivity contribution in [3.63, 3.8) is 0 Å². The van der Waals surface area contributed by atoms with Gasteiger partial charge in [-0.15, -0.1) is 0 Å². The van der Waals surface area contributed by atoms with Crippen LogP contribution in [-0.4, -0.2) is 24.4 Å². The minimum absolute atomic E-state index is 0.290. The standard InChI is InChI=1S/C31H29NO5S/c1-2-8-22-19-25(37-28-14-6-10-21-9-3-4-13-26(21)28)15-16-27(22)36-18-7-17-35-24-12-5-11-23(20-24)29-30(33)32-31(34)38-29/h3-6,9-16,19-20,29H,2,7-8,17-18H2,1H3,(H,32,33,34). The Labute approximate surface area is 226 Å². The van der Waals surface area contributed by atoms with Crippen LogP contribution in [0.15, 0.2) is 84.9 Å². The molecule has 0 bridgehead atoms. The number of carbonyl (C=O) groups is 2. The second kappa shape index (κ2) is 12.0. The topological polar surface area (TPSA) is 73.9 Å². The van der Waals surface area contributed by atoms with Crippen LogP contribution in [0, 0.1) is 0 Å². The first-order valence-electron chi connectivity index (χ1n) is 12.8. The molecule has 1 aliphatic heterocycles. The summed E-state index contributed by atoms with van der Waals surface area (Å²) < 4.78 is 18.2. The Morgan fingerprint density at radius 1 is 0.816 bits per heavy atom. The van der Waals surface area contributed by atoms with Gasteiger partial charge in [0.05, 0.1) is 13.2 Å². The SMILES string of the molecule is CCCc1cc(Oc2cccc3ccccc23)ccc1OCCCOc1cccc(C2SC(=O)NC2=O)c1. The van der Waals surface area contributed by atoms with Crippen LogP contribution in [0.2, 0.25) is 0 Å². The molecule has 6 nitrogen and oxygen atoms in total. The van der Waals surface area contributed by atoms with Gasteiger partial charge in [-0.2, -0.15) is 0 Å². The summed E-state index contributed by atoms with van der Waals surface area (Å²) in [4.78, 5) is 23.4. The summed E-state index contributed by atoms with van der Waals surface area (Å²) in [6.07, 6.45) is 2.58. The molecular weight excluding hydrogens is 498 g/mol. The molecule has 1 heterocycles. The number of aryl methyl sites for hydroxylation is 1. The van der Waals surface area contributed by atoms with Crippen molar-refractivity contribution in [3.05, 3.63) is 96.1 Å². The van der Waals surface area contributed by atoms with E-state index in [1.807, 2.05) is 60.7 Å². The van der Waals surface area contributed by atoms with Crippen LogP contribution in [0.25, 0.3) is 10.8 Å². The molecule has 0 aliphatic carbocycles. The average Bonchev–Trinajstić information content (AvgIpc) is 3.28. The summed E-state index contributed by atoms with van der Waals surface area (Å²) in [5.41, 5.74) is 1.86. The Morgan fingerprint density at radius 2 is 1.63 bits per heavy atom. The maximum Gasteiger partial charge on any atom is 0.286 e. The number of thioether (sulfide) groups is 1. The van der Waals surface area contributed by atoms with Crippen LogP contribution in [-0.2, 0) is 11.2 Å². The van der Waals surface area contributed by atoms with Crippen LogP contribution in [0.4, 0.5) is 4.79 Å². The molecule has 1 N–H and O–H groups in total. The molecule has 4 aromatic rings. The first-order valence-corrected chi connectivity index (χ1v) is 13.6. The van der Waals surface area contributed by atoms with E-state index >= 15 is 0 Å². The molecule has 1 saturated heterocycles. The number of ether oxygens (including phenoxy) is 3. The van der Waals surface area contributed by atoms with Crippen molar-refractivity contribution >= 4 is 33.7 Å². The third-order valence-electron chi connectivity index (χ3n) is 6.19. The van der Waals surface area contributed by atoms with Gasteiger partial charge in [-0.1, -0.05) is 61.9 Å². The van der Waals surface area contributed by atoms with Gasteiger partial charge in [0.25, 0.3) is 5.24 Å². The number of imide groups is 1. The van der Waals surface area contributed by atoms with Crippen LogP contribution in [0.1, 0.15) is 36.1 Å². The van der Waals surface area contributed by atoms with Crippen molar-refractivity contribution < 1.29 is 23.8 Å². The molecular formula is C31H29NO5S. The quantitative estimate of drug-likeness (QED) is 0.204. The predicted octanol–water partition coefficient (Wildman–Crippen LogP) is 7.46. The van der Waals surface area contributed by atoms with Gasteiger partial charge in [-0.25, -0.2) is 0 Å². The zero-order valence-corrected chi connectivity index (χ0v) is 22.0. The number of hydrogen-bond acceptors (Lipinski definition) is 6. The lowest BCUT2D eigenvalue weighted by Crippen LogP contribution is -2.20. The summed E-state index contributed by atoms with van der Waals surface area (Å²) >= 11 is 0.988. The van der Waals surface area contributed by atoms with Gasteiger partial charge in [-0.3, -0.25) is 14.9 Å². The monoisotopic (exact) mass is 527 g/mol. The minimum Gasteiger partial charge on any atom is -0.493 e. The van der Waals surface area contributed by atoms with E-state index in [2.05, 4.69) is 36.5 Å². The molecule has 1 atom stereocenters. The van der Waals surface area contributed by atoms with Crippen molar-refractivity contribution in [2.75, 3.05) is 13.2 Å². The third-order valence-corrected chi connectivity index (χ3v) is 7.23. The maximum absolute atomic E-state index is 12.0. The number of fused-ring (bicyclic) bond motifs is 1. The van der Waals surface area contributed by atoms with Gasteiger partial charge in [0.2, 0.25) is 5.91 Å². The van der Waals surface area contributed by atoms with E-state index in [0.717, 1.165) is 63.8 Å². The normalized spacial score (nSPS) is 14.9. The zero-order valence-electron chi connectivity index (χ0n) is 21.1. The first-order chi connectivity index (χ1) is 18.6. The molecule has 38 heavy (non-hydrogen) atoms. The van der Waals surface area contributed by atoms with E-state index in [-0.39, 0.29) is 11.1 Å². The summed E-state index contributed by atoms with van der Waals surface area (Å²) in [5.74, 6) is 2.85. The van der Waals surface area contributed by atoms with E-state index in [1.54, 1.807) is 0 Å². The largest absolute Gasteiger partial charge is 0.493 e. The van der Waals surface area contributed by atoms with E-state index in [9.17, 15) is 9.59 Å². The Morgan fingerprint density at radius 3 is 2.47 bits per heavy atom.